The summed E-state index contributed by atoms with van der Waals surface area (Å²) in [4.78, 5) is 30.9. The Morgan fingerprint density at radius 2 is 1.90 bits per heavy atom. The summed E-state index contributed by atoms with van der Waals surface area (Å²) in [5.41, 5.74) is 1.71. The predicted molar refractivity (Wildman–Crippen MR) is 114 cm³/mol. The van der Waals surface area contributed by atoms with Crippen LogP contribution in [0, 0.1) is 18.6 Å². The molecule has 6 nitrogen and oxygen atoms in total. The average molecular weight is 426 g/mol. The molecule has 1 aromatic carbocycles. The molecule has 0 bridgehead atoms. The van der Waals surface area contributed by atoms with E-state index in [1.165, 1.54) is 18.2 Å². The van der Waals surface area contributed by atoms with E-state index in [1.807, 2.05) is 0 Å². The number of aryl methyl sites for hydroxylation is 1. The van der Waals surface area contributed by atoms with Crippen LogP contribution in [0.2, 0.25) is 0 Å². The number of amides is 1. The minimum Gasteiger partial charge on any atom is -0.349 e. The van der Waals surface area contributed by atoms with Crippen molar-refractivity contribution in [1.29, 1.82) is 0 Å². The highest BCUT2D eigenvalue weighted by atomic mass is 19.1. The van der Waals surface area contributed by atoms with E-state index >= 15 is 0 Å². The maximum Gasteiger partial charge on any atom is 0.251 e. The molecule has 31 heavy (non-hydrogen) atoms. The van der Waals surface area contributed by atoms with Gasteiger partial charge >= 0.3 is 0 Å². The zero-order chi connectivity index (χ0) is 22.0. The summed E-state index contributed by atoms with van der Waals surface area (Å²) in [6.45, 7) is 4.26. The number of carbonyl (C=O) groups is 1. The summed E-state index contributed by atoms with van der Waals surface area (Å²) >= 11 is 0. The molecule has 0 unspecified atom stereocenters. The molecular formula is C23H24F2N4O2. The molecule has 162 valence electrons. The molecule has 0 atom stereocenters. The number of piperidine rings is 1. The number of likely N-dealkylation sites (tertiary alicyclic amines) is 1. The number of rotatable bonds is 5. The largest absolute Gasteiger partial charge is 0.349 e. The fraction of sp³-hybridized carbons (Fsp3) is 0.348. The van der Waals surface area contributed by atoms with Crippen LogP contribution in [0.1, 0.15) is 28.8 Å². The highest BCUT2D eigenvalue weighted by Crippen LogP contribution is 2.15. The summed E-state index contributed by atoms with van der Waals surface area (Å²) in [5, 5.41) is 2.98. The van der Waals surface area contributed by atoms with Crippen molar-refractivity contribution >= 4 is 16.9 Å². The first-order valence-electron chi connectivity index (χ1n) is 10.4. The Hall–Kier alpha value is -3.13. The molecule has 1 saturated heterocycles. The molecule has 3 heterocycles. The van der Waals surface area contributed by atoms with E-state index in [2.05, 4.69) is 15.2 Å². The van der Waals surface area contributed by atoms with Crippen molar-refractivity contribution in [3.8, 4) is 0 Å². The second kappa shape index (κ2) is 8.93. The Labute approximate surface area is 178 Å². The summed E-state index contributed by atoms with van der Waals surface area (Å²) in [7, 11) is 0. The van der Waals surface area contributed by atoms with Gasteiger partial charge in [0.05, 0.1) is 17.2 Å². The topological polar surface area (TPSA) is 67.2 Å². The lowest BCUT2D eigenvalue weighted by atomic mass is 10.0. The van der Waals surface area contributed by atoms with E-state index in [9.17, 15) is 18.4 Å². The van der Waals surface area contributed by atoms with Crippen molar-refractivity contribution in [1.82, 2.24) is 19.8 Å². The van der Waals surface area contributed by atoms with E-state index in [-0.39, 0.29) is 23.3 Å². The normalized spacial score (nSPS) is 15.3. The second-order valence-corrected chi connectivity index (χ2v) is 7.93. The van der Waals surface area contributed by atoms with Gasteiger partial charge in [-0.25, -0.2) is 8.78 Å². The second-order valence-electron chi connectivity index (χ2n) is 7.93. The highest BCUT2D eigenvalue weighted by molar-refractivity contribution is 5.94. The predicted octanol–water partition coefficient (Wildman–Crippen LogP) is 2.88. The van der Waals surface area contributed by atoms with Crippen LogP contribution in [0.4, 0.5) is 8.78 Å². The lowest BCUT2D eigenvalue weighted by molar-refractivity contribution is 0.0909. The molecule has 1 aliphatic heterocycles. The molecule has 1 aliphatic rings. The van der Waals surface area contributed by atoms with Crippen LogP contribution in [0.15, 0.2) is 47.4 Å². The zero-order valence-corrected chi connectivity index (χ0v) is 17.3. The van der Waals surface area contributed by atoms with Crippen LogP contribution in [-0.4, -0.2) is 46.0 Å². The molecule has 8 heteroatoms. The van der Waals surface area contributed by atoms with Gasteiger partial charge in [-0.2, -0.15) is 0 Å². The maximum atomic E-state index is 13.7. The number of nitrogens with zero attached hydrogens (tertiary/aromatic N) is 3. The lowest BCUT2D eigenvalue weighted by Gasteiger charge is -2.32. The van der Waals surface area contributed by atoms with Gasteiger partial charge in [-0.05, 0) is 43.5 Å². The Morgan fingerprint density at radius 3 is 2.65 bits per heavy atom. The van der Waals surface area contributed by atoms with Crippen molar-refractivity contribution in [2.75, 3.05) is 19.6 Å². The first kappa shape index (κ1) is 21.1. The summed E-state index contributed by atoms with van der Waals surface area (Å²) in [6.07, 6.45) is 2.67. The fourth-order valence-corrected chi connectivity index (χ4v) is 3.92. The van der Waals surface area contributed by atoms with E-state index in [0.717, 1.165) is 32.1 Å². The number of benzene rings is 1. The molecule has 2 aromatic heterocycles. The molecule has 1 amide bonds. The molecule has 0 radical (unpaired) electrons. The maximum absolute atomic E-state index is 13.7. The Morgan fingerprint density at radius 1 is 1.13 bits per heavy atom. The summed E-state index contributed by atoms with van der Waals surface area (Å²) < 4.78 is 28.9. The Kier molecular flexibility index (Phi) is 6.08. The molecule has 0 spiro atoms. The van der Waals surface area contributed by atoms with Crippen LogP contribution in [0.25, 0.3) is 11.0 Å². The number of hydrogen-bond donors (Lipinski definition) is 1. The van der Waals surface area contributed by atoms with Crippen molar-refractivity contribution in [3.05, 3.63) is 75.7 Å². The van der Waals surface area contributed by atoms with Gasteiger partial charge in [0.1, 0.15) is 11.6 Å². The van der Waals surface area contributed by atoms with E-state index < -0.39 is 5.82 Å². The Balaban J connectivity index is 1.33. The average Bonchev–Trinajstić information content (AvgIpc) is 2.76. The van der Waals surface area contributed by atoms with Gasteiger partial charge in [0.25, 0.3) is 11.5 Å². The number of carbonyl (C=O) groups excluding carboxylic acids is 1. The van der Waals surface area contributed by atoms with Crippen molar-refractivity contribution in [2.24, 2.45) is 0 Å². The third kappa shape index (κ3) is 4.80. The molecule has 1 fully saturated rings. The van der Waals surface area contributed by atoms with Crippen LogP contribution in [0.3, 0.4) is 0 Å². The molecule has 3 aromatic rings. The van der Waals surface area contributed by atoms with Gasteiger partial charge in [0.15, 0.2) is 0 Å². The standard InChI is InChI=1S/C23H24F2N4O2/c1-15-2-3-16(12-19(15)25)23(31)27-18-6-8-28(9-7-18)10-11-29-21-13-17(24)14-26-20(21)4-5-22(29)30/h2-5,12-14,18H,6-11H2,1H3,(H,27,31). The first-order valence-corrected chi connectivity index (χ1v) is 10.4. The fourth-order valence-electron chi connectivity index (χ4n) is 3.92. The third-order valence-electron chi connectivity index (χ3n) is 5.80. The van der Waals surface area contributed by atoms with E-state index in [0.29, 0.717) is 35.2 Å². The summed E-state index contributed by atoms with van der Waals surface area (Å²) in [6, 6.07) is 8.89. The monoisotopic (exact) mass is 426 g/mol. The lowest BCUT2D eigenvalue weighted by Crippen LogP contribution is -2.45. The van der Waals surface area contributed by atoms with Gasteiger partial charge in [-0.15, -0.1) is 0 Å². The van der Waals surface area contributed by atoms with Gasteiger partial charge in [-0.3, -0.25) is 14.6 Å². The minimum absolute atomic E-state index is 0.0201. The van der Waals surface area contributed by atoms with Crippen LogP contribution >= 0.6 is 0 Å². The smallest absolute Gasteiger partial charge is 0.251 e. The molecule has 0 aliphatic carbocycles. The highest BCUT2D eigenvalue weighted by Gasteiger charge is 2.21. The first-order chi connectivity index (χ1) is 14.9. The number of pyridine rings is 2. The number of hydrogen-bond acceptors (Lipinski definition) is 4. The van der Waals surface area contributed by atoms with Gasteiger partial charge in [-0.1, -0.05) is 6.07 Å². The molecule has 4 rings (SSSR count). The van der Waals surface area contributed by atoms with Crippen LogP contribution in [-0.2, 0) is 6.54 Å². The zero-order valence-electron chi connectivity index (χ0n) is 17.3. The van der Waals surface area contributed by atoms with Gasteiger partial charge in [0.2, 0.25) is 0 Å². The van der Waals surface area contributed by atoms with Gasteiger partial charge < -0.3 is 14.8 Å². The molecule has 0 saturated carbocycles. The quantitative estimate of drug-likeness (QED) is 0.681. The van der Waals surface area contributed by atoms with Crippen LogP contribution in [0.5, 0.6) is 0 Å². The van der Waals surface area contributed by atoms with Crippen molar-refractivity contribution in [2.45, 2.75) is 32.4 Å². The number of nitrogens with one attached hydrogen (secondary N) is 1. The van der Waals surface area contributed by atoms with E-state index in [4.69, 9.17) is 0 Å². The Bertz CT molecular complexity index is 1170. The number of aromatic nitrogens is 2. The third-order valence-corrected chi connectivity index (χ3v) is 5.80. The van der Waals surface area contributed by atoms with Crippen LogP contribution < -0.4 is 10.9 Å². The minimum atomic E-state index is -0.475. The number of halogens is 2. The van der Waals surface area contributed by atoms with Crippen molar-refractivity contribution < 1.29 is 13.6 Å². The molecule has 1 N–H and O–H groups in total. The van der Waals surface area contributed by atoms with E-state index in [1.54, 1.807) is 29.7 Å². The SMILES string of the molecule is Cc1ccc(C(=O)NC2CCN(CCn3c(=O)ccc4ncc(F)cc43)CC2)cc1F. The van der Waals surface area contributed by atoms with Crippen molar-refractivity contribution in [3.63, 3.8) is 0 Å². The molecular weight excluding hydrogens is 402 g/mol. The van der Waals surface area contributed by atoms with Gasteiger partial charge in [0, 0.05) is 49.9 Å². The summed E-state index contributed by atoms with van der Waals surface area (Å²) in [5.74, 6) is -1.13. The number of fused-ring (bicyclic) bond motifs is 1.